The fraction of sp³-hybridized carbons (Fsp3) is 0.545. The summed E-state index contributed by atoms with van der Waals surface area (Å²) in [5.41, 5.74) is -0.853. The first-order chi connectivity index (χ1) is 8.50. The molecule has 0 spiro atoms. The molecule has 1 aliphatic heterocycles. The van der Waals surface area contributed by atoms with Crippen molar-refractivity contribution in [3.63, 3.8) is 0 Å². The van der Waals surface area contributed by atoms with Crippen LogP contribution in [0.1, 0.15) is 18.4 Å². The van der Waals surface area contributed by atoms with Gasteiger partial charge in [0.05, 0.1) is 5.56 Å². The van der Waals surface area contributed by atoms with Crippen LogP contribution >= 0.6 is 0 Å². The fourth-order valence-corrected chi connectivity index (χ4v) is 1.87. The minimum Gasteiger partial charge on any atom is -0.341 e. The number of alkyl halides is 3. The highest BCUT2D eigenvalue weighted by Crippen LogP contribution is 2.28. The summed E-state index contributed by atoms with van der Waals surface area (Å²) in [7, 11) is 0. The van der Waals surface area contributed by atoms with Crippen LogP contribution in [0.25, 0.3) is 0 Å². The zero-order valence-electron chi connectivity index (χ0n) is 9.52. The predicted molar refractivity (Wildman–Crippen MR) is 58.0 cm³/mol. The maximum absolute atomic E-state index is 12.3. The lowest BCUT2D eigenvalue weighted by molar-refractivity contribution is -0.138. The Labute approximate surface area is 102 Å². The Morgan fingerprint density at radius 1 is 1.22 bits per heavy atom. The summed E-state index contributed by atoms with van der Waals surface area (Å²) in [6.07, 6.45) is -0.544. The Morgan fingerprint density at radius 2 is 1.78 bits per heavy atom. The van der Waals surface area contributed by atoms with Crippen molar-refractivity contribution >= 4 is 12.2 Å². The van der Waals surface area contributed by atoms with Crippen molar-refractivity contribution in [3.05, 3.63) is 18.0 Å². The molecule has 18 heavy (non-hydrogen) atoms. The molecule has 0 aromatic carbocycles. The van der Waals surface area contributed by atoms with Crippen molar-refractivity contribution < 1.29 is 18.0 Å². The monoisotopic (exact) mass is 259 g/mol. The van der Waals surface area contributed by atoms with Gasteiger partial charge in [0, 0.05) is 31.4 Å². The van der Waals surface area contributed by atoms with E-state index >= 15 is 0 Å². The molecule has 0 atom stereocenters. The number of hydrogen-bond donors (Lipinski definition) is 0. The molecule has 1 saturated heterocycles. The van der Waals surface area contributed by atoms with Crippen LogP contribution < -0.4 is 4.90 Å². The number of aldehydes is 1. The van der Waals surface area contributed by atoms with Gasteiger partial charge >= 0.3 is 6.18 Å². The lowest BCUT2D eigenvalue weighted by Gasteiger charge is -2.29. The van der Waals surface area contributed by atoms with Gasteiger partial charge in [-0.1, -0.05) is 0 Å². The van der Waals surface area contributed by atoms with E-state index in [1.807, 2.05) is 0 Å². The third kappa shape index (κ3) is 2.77. The van der Waals surface area contributed by atoms with Gasteiger partial charge in [0.25, 0.3) is 0 Å². The first-order valence-corrected chi connectivity index (χ1v) is 5.60. The van der Waals surface area contributed by atoms with Crippen molar-refractivity contribution in [1.29, 1.82) is 0 Å². The Morgan fingerprint density at radius 3 is 2.22 bits per heavy atom. The van der Waals surface area contributed by atoms with Gasteiger partial charge in [-0.2, -0.15) is 13.2 Å². The Balaban J connectivity index is 2.05. The molecule has 0 saturated carbocycles. The van der Waals surface area contributed by atoms with Crippen LogP contribution in [-0.2, 0) is 11.0 Å². The number of carbonyl (C=O) groups is 1. The van der Waals surface area contributed by atoms with Crippen LogP contribution in [0.15, 0.2) is 12.4 Å². The van der Waals surface area contributed by atoms with E-state index in [0.717, 1.165) is 18.7 Å². The summed E-state index contributed by atoms with van der Waals surface area (Å²) in [4.78, 5) is 19.8. The molecule has 1 fully saturated rings. The van der Waals surface area contributed by atoms with Gasteiger partial charge in [0.1, 0.15) is 6.29 Å². The van der Waals surface area contributed by atoms with Crippen LogP contribution in [0.5, 0.6) is 0 Å². The summed E-state index contributed by atoms with van der Waals surface area (Å²) >= 11 is 0. The molecular weight excluding hydrogens is 247 g/mol. The van der Waals surface area contributed by atoms with Crippen molar-refractivity contribution in [2.75, 3.05) is 18.0 Å². The zero-order chi connectivity index (χ0) is 13.2. The van der Waals surface area contributed by atoms with Crippen molar-refractivity contribution in [1.82, 2.24) is 9.97 Å². The van der Waals surface area contributed by atoms with Gasteiger partial charge in [0.15, 0.2) is 0 Å². The van der Waals surface area contributed by atoms with Crippen LogP contribution in [-0.4, -0.2) is 29.3 Å². The highest BCUT2D eigenvalue weighted by atomic mass is 19.4. The number of aromatic nitrogens is 2. The number of piperidine rings is 1. The van der Waals surface area contributed by atoms with Gasteiger partial charge in [0.2, 0.25) is 5.95 Å². The molecule has 0 radical (unpaired) electrons. The first kappa shape index (κ1) is 12.8. The highest BCUT2D eigenvalue weighted by molar-refractivity contribution is 5.54. The van der Waals surface area contributed by atoms with Gasteiger partial charge in [-0.25, -0.2) is 9.97 Å². The summed E-state index contributed by atoms with van der Waals surface area (Å²) < 4.78 is 37.0. The molecule has 2 heterocycles. The molecule has 0 amide bonds. The number of nitrogens with zero attached hydrogens (tertiary/aromatic N) is 3. The molecule has 2 rings (SSSR count). The van der Waals surface area contributed by atoms with Gasteiger partial charge in [-0.05, 0) is 12.8 Å². The number of hydrogen-bond acceptors (Lipinski definition) is 4. The first-order valence-electron chi connectivity index (χ1n) is 5.60. The highest BCUT2D eigenvalue weighted by Gasteiger charge is 2.31. The average Bonchev–Trinajstić information content (AvgIpc) is 2.38. The lowest BCUT2D eigenvalue weighted by Crippen LogP contribution is -2.35. The lowest BCUT2D eigenvalue weighted by atomic mass is 9.99. The summed E-state index contributed by atoms with van der Waals surface area (Å²) in [6.45, 7) is 1.18. The molecule has 1 aliphatic rings. The van der Waals surface area contributed by atoms with Gasteiger partial charge in [-0.3, -0.25) is 0 Å². The summed E-state index contributed by atoms with van der Waals surface area (Å²) in [6, 6.07) is 0. The van der Waals surface area contributed by atoms with Crippen molar-refractivity contribution in [3.8, 4) is 0 Å². The second kappa shape index (κ2) is 4.91. The van der Waals surface area contributed by atoms with Crippen LogP contribution in [0.4, 0.5) is 19.1 Å². The number of rotatable bonds is 2. The molecule has 4 nitrogen and oxygen atoms in total. The fourth-order valence-electron chi connectivity index (χ4n) is 1.87. The smallest absolute Gasteiger partial charge is 0.341 e. The van der Waals surface area contributed by atoms with Gasteiger partial charge < -0.3 is 9.69 Å². The topological polar surface area (TPSA) is 46.1 Å². The maximum atomic E-state index is 12.3. The molecule has 0 unspecified atom stereocenters. The minimum atomic E-state index is -4.41. The number of anilines is 1. The Hall–Kier alpha value is -1.66. The predicted octanol–water partition coefficient (Wildman–Crippen LogP) is 1.91. The number of halogens is 3. The zero-order valence-corrected chi connectivity index (χ0v) is 9.52. The van der Waals surface area contributed by atoms with E-state index in [9.17, 15) is 18.0 Å². The summed E-state index contributed by atoms with van der Waals surface area (Å²) in [5, 5.41) is 0. The van der Waals surface area contributed by atoms with Crippen LogP contribution in [0, 0.1) is 5.92 Å². The quantitative estimate of drug-likeness (QED) is 0.761. The third-order valence-electron chi connectivity index (χ3n) is 2.98. The SMILES string of the molecule is O=CC1CCN(c2ncc(C(F)(F)F)cn2)CC1. The molecular formula is C11H12F3N3O. The van der Waals surface area contributed by atoms with E-state index in [0.29, 0.717) is 25.9 Å². The maximum Gasteiger partial charge on any atom is 0.419 e. The van der Waals surface area contributed by atoms with E-state index in [2.05, 4.69) is 9.97 Å². The van der Waals surface area contributed by atoms with Gasteiger partial charge in [-0.15, -0.1) is 0 Å². The molecule has 0 aliphatic carbocycles. The molecule has 1 aromatic heterocycles. The Bertz CT molecular complexity index is 411. The van der Waals surface area contributed by atoms with Crippen molar-refractivity contribution in [2.24, 2.45) is 5.92 Å². The summed E-state index contributed by atoms with van der Waals surface area (Å²) in [5.74, 6) is 0.322. The van der Waals surface area contributed by atoms with E-state index < -0.39 is 11.7 Å². The minimum absolute atomic E-state index is 0.0377. The van der Waals surface area contributed by atoms with E-state index in [1.165, 1.54) is 0 Å². The molecule has 1 aromatic rings. The van der Waals surface area contributed by atoms with Crippen LogP contribution in [0.2, 0.25) is 0 Å². The Kier molecular flexibility index (Phi) is 3.49. The third-order valence-corrected chi connectivity index (χ3v) is 2.98. The molecule has 0 N–H and O–H groups in total. The standard InChI is InChI=1S/C11H12F3N3O/c12-11(13,14)9-5-15-10(16-6-9)17-3-1-8(7-18)2-4-17/h5-8H,1-4H2. The molecule has 0 bridgehead atoms. The van der Waals surface area contributed by atoms with E-state index in [4.69, 9.17) is 0 Å². The second-order valence-corrected chi connectivity index (χ2v) is 4.23. The normalized spacial score (nSPS) is 17.8. The van der Waals surface area contributed by atoms with Crippen molar-refractivity contribution in [2.45, 2.75) is 19.0 Å². The number of carbonyl (C=O) groups excluding carboxylic acids is 1. The average molecular weight is 259 g/mol. The van der Waals surface area contributed by atoms with Crippen LogP contribution in [0.3, 0.4) is 0 Å². The molecule has 98 valence electrons. The van der Waals surface area contributed by atoms with E-state index in [1.54, 1.807) is 4.90 Å². The molecule has 7 heteroatoms. The second-order valence-electron chi connectivity index (χ2n) is 4.23. The van der Waals surface area contributed by atoms with E-state index in [-0.39, 0.29) is 11.9 Å². The largest absolute Gasteiger partial charge is 0.419 e.